The summed E-state index contributed by atoms with van der Waals surface area (Å²) in [6.07, 6.45) is 3.15. The Kier molecular flexibility index (Phi) is 4.23. The van der Waals surface area contributed by atoms with E-state index in [2.05, 4.69) is 13.8 Å². The van der Waals surface area contributed by atoms with E-state index in [1.165, 1.54) is 13.0 Å². The molecule has 2 rings (SSSR count). The molecule has 3 atom stereocenters. The number of ether oxygens (including phenoxy) is 1. The molecule has 0 N–H and O–H groups in total. The first-order valence-corrected chi connectivity index (χ1v) is 6.94. The Morgan fingerprint density at radius 2 is 2.00 bits per heavy atom. The first-order valence-electron chi connectivity index (χ1n) is 6.94. The summed E-state index contributed by atoms with van der Waals surface area (Å²) in [7, 11) is 0. The number of ketones is 1. The van der Waals surface area contributed by atoms with Crippen LogP contribution < -0.4 is 4.74 Å². The molecule has 0 saturated heterocycles. The number of Topliss-reactive ketones (excluding diaryl/α,β-unsaturated/α-hetero) is 1. The minimum Gasteiger partial charge on any atom is -0.487 e. The van der Waals surface area contributed by atoms with E-state index < -0.39 is 5.82 Å². The normalized spacial score (nSPS) is 27.1. The van der Waals surface area contributed by atoms with Crippen molar-refractivity contribution in [3.63, 3.8) is 0 Å². The van der Waals surface area contributed by atoms with Crippen molar-refractivity contribution in [3.05, 3.63) is 29.6 Å². The summed E-state index contributed by atoms with van der Waals surface area (Å²) in [6.45, 7) is 5.90. The van der Waals surface area contributed by atoms with Crippen molar-refractivity contribution in [2.24, 2.45) is 11.8 Å². The molecular formula is C16H21FO2. The molecule has 1 fully saturated rings. The maximum absolute atomic E-state index is 13.9. The second kappa shape index (κ2) is 5.72. The summed E-state index contributed by atoms with van der Waals surface area (Å²) in [4.78, 5) is 11.2. The average Bonchev–Trinajstić information content (AvgIpc) is 2.36. The fraction of sp³-hybridized carbons (Fsp3) is 0.562. The summed E-state index contributed by atoms with van der Waals surface area (Å²) < 4.78 is 19.6. The van der Waals surface area contributed by atoms with E-state index in [9.17, 15) is 9.18 Å². The van der Waals surface area contributed by atoms with Gasteiger partial charge in [-0.3, -0.25) is 4.79 Å². The molecule has 0 aromatic heterocycles. The van der Waals surface area contributed by atoms with Crippen LogP contribution in [0.1, 0.15) is 50.4 Å². The summed E-state index contributed by atoms with van der Waals surface area (Å²) in [5.74, 6) is 1.00. The second-order valence-corrected chi connectivity index (χ2v) is 5.71. The van der Waals surface area contributed by atoms with Crippen LogP contribution >= 0.6 is 0 Å². The molecule has 0 heterocycles. The first kappa shape index (κ1) is 14.0. The Hall–Kier alpha value is -1.38. The fourth-order valence-electron chi connectivity index (χ4n) is 2.60. The smallest absolute Gasteiger partial charge is 0.165 e. The highest BCUT2D eigenvalue weighted by Gasteiger charge is 2.26. The molecule has 1 aromatic carbocycles. The Labute approximate surface area is 114 Å². The van der Waals surface area contributed by atoms with Crippen LogP contribution in [0.4, 0.5) is 4.39 Å². The van der Waals surface area contributed by atoms with Gasteiger partial charge in [-0.05, 0) is 56.2 Å². The van der Waals surface area contributed by atoms with Gasteiger partial charge in [-0.2, -0.15) is 0 Å². The maximum atomic E-state index is 13.9. The summed E-state index contributed by atoms with van der Waals surface area (Å²) >= 11 is 0. The quantitative estimate of drug-likeness (QED) is 0.764. The Morgan fingerprint density at radius 1 is 1.26 bits per heavy atom. The summed E-state index contributed by atoms with van der Waals surface area (Å²) in [5.41, 5.74) is 0.385. The molecule has 0 bridgehead atoms. The van der Waals surface area contributed by atoms with Crippen molar-refractivity contribution in [2.45, 2.75) is 46.1 Å². The Morgan fingerprint density at radius 3 is 2.58 bits per heavy atom. The molecule has 3 heteroatoms. The molecule has 1 aromatic rings. The molecule has 0 radical (unpaired) electrons. The van der Waals surface area contributed by atoms with Gasteiger partial charge in [0.15, 0.2) is 17.3 Å². The van der Waals surface area contributed by atoms with Crippen molar-refractivity contribution < 1.29 is 13.9 Å². The van der Waals surface area contributed by atoms with E-state index in [1.807, 2.05) is 0 Å². The number of carbonyl (C=O) groups excluding carboxylic acids is 1. The highest BCUT2D eigenvalue weighted by Crippen LogP contribution is 2.32. The Balaban J connectivity index is 2.05. The molecular weight excluding hydrogens is 243 g/mol. The van der Waals surface area contributed by atoms with E-state index in [1.54, 1.807) is 12.1 Å². The predicted molar refractivity (Wildman–Crippen MR) is 73.0 cm³/mol. The van der Waals surface area contributed by atoms with Gasteiger partial charge < -0.3 is 4.74 Å². The van der Waals surface area contributed by atoms with Crippen LogP contribution in [0.2, 0.25) is 0 Å². The minimum atomic E-state index is -0.445. The highest BCUT2D eigenvalue weighted by molar-refractivity contribution is 5.94. The van der Waals surface area contributed by atoms with Crippen LogP contribution in [0, 0.1) is 17.7 Å². The third-order valence-electron chi connectivity index (χ3n) is 4.18. The van der Waals surface area contributed by atoms with Crippen LogP contribution in [0.3, 0.4) is 0 Å². The number of hydrogen-bond donors (Lipinski definition) is 0. The number of halogens is 1. The van der Waals surface area contributed by atoms with Gasteiger partial charge in [-0.1, -0.05) is 13.8 Å². The third kappa shape index (κ3) is 3.34. The van der Waals surface area contributed by atoms with Crippen molar-refractivity contribution >= 4 is 5.78 Å². The number of carbonyl (C=O) groups is 1. The maximum Gasteiger partial charge on any atom is 0.165 e. The number of benzene rings is 1. The summed E-state index contributed by atoms with van der Waals surface area (Å²) in [6, 6.07) is 4.44. The van der Waals surface area contributed by atoms with Gasteiger partial charge in [0, 0.05) is 5.56 Å². The lowest BCUT2D eigenvalue weighted by Crippen LogP contribution is -2.29. The van der Waals surface area contributed by atoms with Gasteiger partial charge in [0.1, 0.15) is 0 Å². The number of rotatable bonds is 3. The molecule has 0 amide bonds. The lowest BCUT2D eigenvalue weighted by Gasteiger charge is -2.32. The molecule has 1 aliphatic rings. The van der Waals surface area contributed by atoms with Crippen molar-refractivity contribution in [1.82, 2.24) is 0 Å². The molecule has 3 unspecified atom stereocenters. The van der Waals surface area contributed by atoms with E-state index >= 15 is 0 Å². The van der Waals surface area contributed by atoms with E-state index in [0.29, 0.717) is 17.4 Å². The second-order valence-electron chi connectivity index (χ2n) is 5.71. The van der Waals surface area contributed by atoms with E-state index in [-0.39, 0.29) is 17.6 Å². The van der Waals surface area contributed by atoms with Crippen molar-refractivity contribution in [1.29, 1.82) is 0 Å². The average molecular weight is 264 g/mol. The molecule has 104 valence electrons. The van der Waals surface area contributed by atoms with Gasteiger partial charge in [-0.15, -0.1) is 0 Å². The fourth-order valence-corrected chi connectivity index (χ4v) is 2.60. The molecule has 0 spiro atoms. The molecule has 19 heavy (non-hydrogen) atoms. The molecule has 0 aliphatic heterocycles. The van der Waals surface area contributed by atoms with Crippen molar-refractivity contribution in [3.8, 4) is 5.75 Å². The van der Waals surface area contributed by atoms with Crippen LogP contribution in [-0.4, -0.2) is 11.9 Å². The topological polar surface area (TPSA) is 26.3 Å². The standard InChI is InChI=1S/C16H21FO2/c1-10-4-6-14(8-11(10)2)19-16-7-5-13(12(3)18)9-15(16)17/h5,7,9-11,14H,4,6,8H2,1-3H3. The molecule has 1 aliphatic carbocycles. The van der Waals surface area contributed by atoms with Gasteiger partial charge in [0.05, 0.1) is 6.10 Å². The lowest BCUT2D eigenvalue weighted by molar-refractivity contribution is 0.0965. The van der Waals surface area contributed by atoms with Crippen LogP contribution in [0.5, 0.6) is 5.75 Å². The van der Waals surface area contributed by atoms with Gasteiger partial charge in [0.25, 0.3) is 0 Å². The van der Waals surface area contributed by atoms with Crippen LogP contribution in [0.15, 0.2) is 18.2 Å². The van der Waals surface area contributed by atoms with Gasteiger partial charge in [-0.25, -0.2) is 4.39 Å². The molecule has 1 saturated carbocycles. The van der Waals surface area contributed by atoms with E-state index in [4.69, 9.17) is 4.74 Å². The number of hydrogen-bond acceptors (Lipinski definition) is 2. The largest absolute Gasteiger partial charge is 0.487 e. The zero-order valence-corrected chi connectivity index (χ0v) is 11.8. The van der Waals surface area contributed by atoms with Gasteiger partial charge in [0.2, 0.25) is 0 Å². The highest BCUT2D eigenvalue weighted by atomic mass is 19.1. The van der Waals surface area contributed by atoms with Gasteiger partial charge >= 0.3 is 0 Å². The van der Waals surface area contributed by atoms with E-state index in [0.717, 1.165) is 19.3 Å². The van der Waals surface area contributed by atoms with Crippen molar-refractivity contribution in [2.75, 3.05) is 0 Å². The SMILES string of the molecule is CC(=O)c1ccc(OC2CCC(C)C(C)C2)c(F)c1. The predicted octanol–water partition coefficient (Wildman–Crippen LogP) is 4.23. The minimum absolute atomic E-state index is 0.0869. The Bertz CT molecular complexity index is 470. The van der Waals surface area contributed by atoms with Crippen LogP contribution in [-0.2, 0) is 0 Å². The van der Waals surface area contributed by atoms with Crippen LogP contribution in [0.25, 0.3) is 0 Å². The molecule has 2 nitrogen and oxygen atoms in total. The first-order chi connectivity index (χ1) is 8.97. The zero-order valence-electron chi connectivity index (χ0n) is 11.8. The summed E-state index contributed by atoms with van der Waals surface area (Å²) in [5, 5.41) is 0. The lowest BCUT2D eigenvalue weighted by atomic mass is 9.80. The monoisotopic (exact) mass is 264 g/mol. The third-order valence-corrected chi connectivity index (χ3v) is 4.18. The zero-order chi connectivity index (χ0) is 14.0.